The smallest absolute Gasteiger partial charge is 0.167 e. The highest BCUT2D eigenvalue weighted by Crippen LogP contribution is 2.32. The van der Waals surface area contributed by atoms with E-state index in [0.29, 0.717) is 6.54 Å². The van der Waals surface area contributed by atoms with Gasteiger partial charge in [0.2, 0.25) is 0 Å². The molecule has 0 spiro atoms. The van der Waals surface area contributed by atoms with Crippen molar-refractivity contribution in [3.8, 4) is 0 Å². The third-order valence-electron chi connectivity index (χ3n) is 3.51. The average molecular weight is 244 g/mol. The van der Waals surface area contributed by atoms with E-state index < -0.39 is 0 Å². The fourth-order valence-electron chi connectivity index (χ4n) is 2.18. The summed E-state index contributed by atoms with van der Waals surface area (Å²) in [6.45, 7) is 4.56. The van der Waals surface area contributed by atoms with Crippen LogP contribution in [0.1, 0.15) is 40.2 Å². The van der Waals surface area contributed by atoms with Gasteiger partial charge in [-0.1, -0.05) is 5.16 Å². The lowest BCUT2D eigenvalue weighted by atomic mass is 10.1. The normalized spacial score (nSPS) is 15.0. The molecule has 2 aromatic heterocycles. The standard InChI is InChI=1S/C14H16N2O2/c1-9-13(10(2)18-15-9)8-16-6-5-12(7-16)14(17)11-3-4-11/h5-7,11H,3-4,8H2,1-2H3. The number of aryl methyl sites for hydroxylation is 2. The van der Waals surface area contributed by atoms with Crippen LogP contribution in [0.4, 0.5) is 0 Å². The summed E-state index contributed by atoms with van der Waals surface area (Å²) in [6, 6.07) is 1.90. The number of carbonyl (C=O) groups is 1. The number of aromatic nitrogens is 2. The maximum atomic E-state index is 11.9. The molecule has 2 aromatic rings. The van der Waals surface area contributed by atoms with Gasteiger partial charge in [-0.3, -0.25) is 4.79 Å². The Morgan fingerprint density at radius 1 is 1.50 bits per heavy atom. The number of carbonyl (C=O) groups excluding carboxylic acids is 1. The largest absolute Gasteiger partial charge is 0.361 e. The molecule has 0 amide bonds. The van der Waals surface area contributed by atoms with Gasteiger partial charge >= 0.3 is 0 Å². The Bertz CT molecular complexity index is 571. The number of hydrogen-bond donors (Lipinski definition) is 0. The highest BCUT2D eigenvalue weighted by atomic mass is 16.5. The molecule has 4 nitrogen and oxygen atoms in total. The molecule has 1 fully saturated rings. The van der Waals surface area contributed by atoms with Crippen molar-refractivity contribution in [2.24, 2.45) is 5.92 Å². The van der Waals surface area contributed by atoms with Crippen LogP contribution in [0, 0.1) is 19.8 Å². The van der Waals surface area contributed by atoms with Gasteiger partial charge in [0.25, 0.3) is 0 Å². The van der Waals surface area contributed by atoms with Crippen molar-refractivity contribution in [3.63, 3.8) is 0 Å². The van der Waals surface area contributed by atoms with Gasteiger partial charge in [-0.2, -0.15) is 0 Å². The maximum Gasteiger partial charge on any atom is 0.167 e. The van der Waals surface area contributed by atoms with E-state index in [1.807, 2.05) is 36.9 Å². The van der Waals surface area contributed by atoms with Gasteiger partial charge in [0, 0.05) is 29.4 Å². The lowest BCUT2D eigenvalue weighted by Crippen LogP contribution is -2.01. The Morgan fingerprint density at radius 2 is 2.28 bits per heavy atom. The van der Waals surface area contributed by atoms with E-state index in [4.69, 9.17) is 4.52 Å². The predicted molar refractivity (Wildman–Crippen MR) is 66.6 cm³/mol. The third-order valence-corrected chi connectivity index (χ3v) is 3.51. The quantitative estimate of drug-likeness (QED) is 0.777. The molecule has 1 aliphatic rings. The minimum absolute atomic E-state index is 0.278. The van der Waals surface area contributed by atoms with Gasteiger partial charge in [0.05, 0.1) is 12.2 Å². The molecule has 0 bridgehead atoms. The summed E-state index contributed by atoms with van der Waals surface area (Å²) in [4.78, 5) is 11.9. The van der Waals surface area contributed by atoms with Crippen molar-refractivity contribution in [1.29, 1.82) is 0 Å². The molecule has 4 heteroatoms. The Hall–Kier alpha value is -1.84. The molecular weight excluding hydrogens is 228 g/mol. The number of ketones is 1. The van der Waals surface area contributed by atoms with Crippen molar-refractivity contribution < 1.29 is 9.32 Å². The fourth-order valence-corrected chi connectivity index (χ4v) is 2.18. The number of hydrogen-bond acceptors (Lipinski definition) is 3. The summed E-state index contributed by atoms with van der Waals surface area (Å²) < 4.78 is 7.16. The highest BCUT2D eigenvalue weighted by molar-refractivity contribution is 5.99. The zero-order chi connectivity index (χ0) is 12.7. The monoisotopic (exact) mass is 244 g/mol. The molecule has 94 valence electrons. The summed E-state index contributed by atoms with van der Waals surface area (Å²) >= 11 is 0. The van der Waals surface area contributed by atoms with Gasteiger partial charge in [0.1, 0.15) is 5.76 Å². The minimum Gasteiger partial charge on any atom is -0.361 e. The first-order valence-corrected chi connectivity index (χ1v) is 6.27. The van der Waals surface area contributed by atoms with E-state index in [0.717, 1.165) is 35.4 Å². The van der Waals surface area contributed by atoms with Gasteiger partial charge < -0.3 is 9.09 Å². The van der Waals surface area contributed by atoms with E-state index in [1.165, 1.54) is 0 Å². The molecule has 2 heterocycles. The van der Waals surface area contributed by atoms with Crippen LogP contribution >= 0.6 is 0 Å². The fraction of sp³-hybridized carbons (Fsp3) is 0.429. The molecule has 3 rings (SSSR count). The second-order valence-corrected chi connectivity index (χ2v) is 5.01. The Kier molecular flexibility index (Phi) is 2.58. The maximum absolute atomic E-state index is 11.9. The first kappa shape index (κ1) is 11.3. The van der Waals surface area contributed by atoms with E-state index >= 15 is 0 Å². The average Bonchev–Trinajstić information content (AvgIpc) is 3.03. The van der Waals surface area contributed by atoms with Gasteiger partial charge in [-0.05, 0) is 32.8 Å². The first-order valence-electron chi connectivity index (χ1n) is 6.27. The second kappa shape index (κ2) is 4.12. The van der Waals surface area contributed by atoms with E-state index in [-0.39, 0.29) is 11.7 Å². The van der Waals surface area contributed by atoms with E-state index in [1.54, 1.807) is 0 Å². The van der Waals surface area contributed by atoms with Crippen molar-refractivity contribution in [3.05, 3.63) is 41.0 Å². The lowest BCUT2D eigenvalue weighted by molar-refractivity contribution is 0.0967. The molecule has 0 radical (unpaired) electrons. The first-order chi connectivity index (χ1) is 8.65. The topological polar surface area (TPSA) is 48.0 Å². The molecule has 1 aliphatic carbocycles. The van der Waals surface area contributed by atoms with Crippen LogP contribution in [0.2, 0.25) is 0 Å². The zero-order valence-corrected chi connectivity index (χ0v) is 10.6. The number of Topliss-reactive ketones (excluding diaryl/α,β-unsaturated/α-hetero) is 1. The van der Waals surface area contributed by atoms with Crippen molar-refractivity contribution in [1.82, 2.24) is 9.72 Å². The van der Waals surface area contributed by atoms with Gasteiger partial charge in [0.15, 0.2) is 5.78 Å². The Balaban J connectivity index is 1.79. The van der Waals surface area contributed by atoms with Crippen LogP contribution < -0.4 is 0 Å². The van der Waals surface area contributed by atoms with Crippen LogP contribution in [-0.4, -0.2) is 15.5 Å². The molecular formula is C14H16N2O2. The van der Waals surface area contributed by atoms with E-state index in [9.17, 15) is 4.79 Å². The molecule has 0 aromatic carbocycles. The van der Waals surface area contributed by atoms with Crippen LogP contribution in [0.3, 0.4) is 0 Å². The van der Waals surface area contributed by atoms with Gasteiger partial charge in [-0.25, -0.2) is 0 Å². The molecule has 18 heavy (non-hydrogen) atoms. The summed E-state index contributed by atoms with van der Waals surface area (Å²) in [7, 11) is 0. The molecule has 0 atom stereocenters. The number of nitrogens with zero attached hydrogens (tertiary/aromatic N) is 2. The Morgan fingerprint density at radius 3 is 2.89 bits per heavy atom. The SMILES string of the molecule is Cc1noc(C)c1Cn1ccc(C(=O)C2CC2)c1. The summed E-state index contributed by atoms with van der Waals surface area (Å²) in [5.41, 5.74) is 2.83. The second-order valence-electron chi connectivity index (χ2n) is 5.01. The van der Waals surface area contributed by atoms with Crippen molar-refractivity contribution >= 4 is 5.78 Å². The minimum atomic E-state index is 0.278. The summed E-state index contributed by atoms with van der Waals surface area (Å²) in [6.07, 6.45) is 5.97. The molecule has 0 N–H and O–H groups in total. The molecule has 1 saturated carbocycles. The van der Waals surface area contributed by atoms with Crippen molar-refractivity contribution in [2.75, 3.05) is 0 Å². The number of rotatable bonds is 4. The van der Waals surface area contributed by atoms with Crippen LogP contribution in [0.5, 0.6) is 0 Å². The zero-order valence-electron chi connectivity index (χ0n) is 10.6. The molecule has 0 unspecified atom stereocenters. The summed E-state index contributed by atoms with van der Waals surface area (Å²) in [5, 5.41) is 3.94. The molecule has 0 saturated heterocycles. The van der Waals surface area contributed by atoms with Crippen LogP contribution in [-0.2, 0) is 6.54 Å². The van der Waals surface area contributed by atoms with Crippen molar-refractivity contribution in [2.45, 2.75) is 33.2 Å². The highest BCUT2D eigenvalue weighted by Gasteiger charge is 2.30. The summed E-state index contributed by atoms with van der Waals surface area (Å²) in [5.74, 6) is 1.41. The third kappa shape index (κ3) is 1.98. The van der Waals surface area contributed by atoms with Crippen LogP contribution in [0.25, 0.3) is 0 Å². The molecule has 0 aliphatic heterocycles. The predicted octanol–water partition coefficient (Wildman–Crippen LogP) is 2.73. The van der Waals surface area contributed by atoms with Gasteiger partial charge in [-0.15, -0.1) is 0 Å². The Labute approximate surface area is 106 Å². The van der Waals surface area contributed by atoms with Crippen LogP contribution in [0.15, 0.2) is 23.0 Å². The van der Waals surface area contributed by atoms with E-state index in [2.05, 4.69) is 5.16 Å². The lowest BCUT2D eigenvalue weighted by Gasteiger charge is -2.01.